The molecule has 0 bridgehead atoms. The number of thiophene rings is 1. The van der Waals surface area contributed by atoms with Crippen molar-refractivity contribution in [3.05, 3.63) is 27.1 Å². The number of rotatable bonds is 4. The van der Waals surface area contributed by atoms with E-state index in [4.69, 9.17) is 5.73 Å². The van der Waals surface area contributed by atoms with E-state index in [0.717, 1.165) is 31.2 Å². The van der Waals surface area contributed by atoms with Gasteiger partial charge in [-0.25, -0.2) is 0 Å². The summed E-state index contributed by atoms with van der Waals surface area (Å²) in [6.45, 7) is 0.713. The number of hydrogen-bond acceptors (Lipinski definition) is 5. The molecule has 1 aliphatic carbocycles. The third-order valence-electron chi connectivity index (χ3n) is 3.19. The van der Waals surface area contributed by atoms with E-state index < -0.39 is 0 Å². The molecule has 0 spiro atoms. The second-order valence-corrected chi connectivity index (χ2v) is 5.43. The minimum Gasteiger partial charge on any atom is -0.328 e. The van der Waals surface area contributed by atoms with Crippen LogP contribution in [0.5, 0.6) is 0 Å². The second-order valence-electron chi connectivity index (χ2n) is 4.54. The van der Waals surface area contributed by atoms with Gasteiger partial charge in [-0.3, -0.25) is 10.1 Å². The van der Waals surface area contributed by atoms with Crippen molar-refractivity contribution in [2.24, 2.45) is 5.73 Å². The maximum atomic E-state index is 10.5. The van der Waals surface area contributed by atoms with Gasteiger partial charge in [0, 0.05) is 30.1 Å². The Hall–Kier alpha value is -0.980. The van der Waals surface area contributed by atoms with Crippen LogP contribution in [-0.2, 0) is 6.54 Å². The molecule has 1 saturated carbocycles. The van der Waals surface area contributed by atoms with E-state index in [9.17, 15) is 10.1 Å². The molecular weight excluding hydrogens is 238 g/mol. The maximum absolute atomic E-state index is 10.5. The van der Waals surface area contributed by atoms with Gasteiger partial charge in [-0.05, 0) is 31.2 Å². The number of nitrogens with two attached hydrogens (primary N) is 1. The molecule has 17 heavy (non-hydrogen) atoms. The molecular formula is C11H17N3O2S. The van der Waals surface area contributed by atoms with Crippen LogP contribution in [0, 0.1) is 10.1 Å². The van der Waals surface area contributed by atoms with Crippen molar-refractivity contribution in [3.63, 3.8) is 0 Å². The molecule has 2 rings (SSSR count). The zero-order chi connectivity index (χ0) is 12.3. The predicted molar refractivity (Wildman–Crippen MR) is 68.0 cm³/mol. The van der Waals surface area contributed by atoms with Gasteiger partial charge in [0.05, 0.1) is 4.92 Å². The first-order valence-corrected chi connectivity index (χ1v) is 6.74. The number of nitrogens with one attached hydrogen (secondary N) is 1. The molecule has 0 radical (unpaired) electrons. The summed E-state index contributed by atoms with van der Waals surface area (Å²) in [6.07, 6.45) is 4.35. The molecule has 0 unspecified atom stereocenters. The van der Waals surface area contributed by atoms with E-state index in [2.05, 4.69) is 5.32 Å². The minimum atomic E-state index is -0.339. The Morgan fingerprint density at radius 3 is 2.76 bits per heavy atom. The third-order valence-corrected chi connectivity index (χ3v) is 4.12. The zero-order valence-electron chi connectivity index (χ0n) is 9.59. The van der Waals surface area contributed by atoms with Crippen molar-refractivity contribution in [1.82, 2.24) is 5.32 Å². The largest absolute Gasteiger partial charge is 0.328 e. The normalized spacial score (nSPS) is 24.8. The molecule has 0 saturated heterocycles. The summed E-state index contributed by atoms with van der Waals surface area (Å²) in [6, 6.07) is 2.51. The van der Waals surface area contributed by atoms with Crippen LogP contribution in [-0.4, -0.2) is 17.0 Å². The average Bonchev–Trinajstić information content (AvgIpc) is 2.77. The summed E-state index contributed by atoms with van der Waals surface area (Å²) in [5, 5.41) is 16.0. The molecule has 5 nitrogen and oxygen atoms in total. The van der Waals surface area contributed by atoms with Gasteiger partial charge in [0.2, 0.25) is 0 Å². The van der Waals surface area contributed by atoms with Gasteiger partial charge < -0.3 is 11.1 Å². The fourth-order valence-corrected chi connectivity index (χ4v) is 2.87. The molecule has 1 fully saturated rings. The molecule has 6 heteroatoms. The molecule has 1 aromatic heterocycles. The van der Waals surface area contributed by atoms with Crippen LogP contribution >= 0.6 is 11.3 Å². The molecule has 0 amide bonds. The number of nitro groups is 1. The summed E-state index contributed by atoms with van der Waals surface area (Å²) >= 11 is 1.19. The van der Waals surface area contributed by atoms with Crippen molar-refractivity contribution in [2.75, 3.05) is 0 Å². The Bertz CT molecular complexity index is 386. The molecule has 3 N–H and O–H groups in total. The average molecular weight is 255 g/mol. The third kappa shape index (κ3) is 3.49. The van der Waals surface area contributed by atoms with Gasteiger partial charge in [0.1, 0.15) is 0 Å². The predicted octanol–water partition coefficient (Wildman–Crippen LogP) is 2.02. The highest BCUT2D eigenvalue weighted by atomic mass is 32.1. The number of hydrogen-bond donors (Lipinski definition) is 2. The lowest BCUT2D eigenvalue weighted by atomic mass is 9.92. The van der Waals surface area contributed by atoms with E-state index in [0.29, 0.717) is 18.6 Å². The lowest BCUT2D eigenvalue weighted by molar-refractivity contribution is -0.380. The monoisotopic (exact) mass is 255 g/mol. The highest BCUT2D eigenvalue weighted by Crippen LogP contribution is 2.23. The Morgan fingerprint density at radius 1 is 1.47 bits per heavy atom. The van der Waals surface area contributed by atoms with E-state index in [1.165, 1.54) is 11.3 Å². The van der Waals surface area contributed by atoms with Crippen molar-refractivity contribution in [3.8, 4) is 0 Å². The minimum absolute atomic E-state index is 0.215. The van der Waals surface area contributed by atoms with Crippen molar-refractivity contribution in [2.45, 2.75) is 44.3 Å². The summed E-state index contributed by atoms with van der Waals surface area (Å²) < 4.78 is 0. The smallest absolute Gasteiger partial charge is 0.324 e. The van der Waals surface area contributed by atoms with E-state index in [-0.39, 0.29) is 9.92 Å². The first-order valence-electron chi connectivity index (χ1n) is 5.86. The summed E-state index contributed by atoms with van der Waals surface area (Å²) in [4.78, 5) is 10.2. The highest BCUT2D eigenvalue weighted by molar-refractivity contribution is 7.13. The van der Waals surface area contributed by atoms with Gasteiger partial charge in [0.25, 0.3) is 0 Å². The van der Waals surface area contributed by atoms with Crippen molar-refractivity contribution in [1.29, 1.82) is 0 Å². The molecule has 1 heterocycles. The zero-order valence-corrected chi connectivity index (χ0v) is 10.4. The Labute approximate surface area is 104 Å². The standard InChI is InChI=1S/C11H17N3O2S/c12-9-1-3-10(4-2-9)13-6-8-5-11(14(15)16)17-7-8/h5,7,9-10,13H,1-4,6,12H2. The maximum Gasteiger partial charge on any atom is 0.324 e. The van der Waals surface area contributed by atoms with E-state index in [1.54, 1.807) is 6.07 Å². The topological polar surface area (TPSA) is 81.2 Å². The van der Waals surface area contributed by atoms with Crippen LogP contribution in [0.15, 0.2) is 11.4 Å². The Balaban J connectivity index is 1.79. The first kappa shape index (κ1) is 12.5. The second kappa shape index (κ2) is 5.57. The van der Waals surface area contributed by atoms with Gasteiger partial charge >= 0.3 is 5.00 Å². The van der Waals surface area contributed by atoms with Gasteiger partial charge in [-0.1, -0.05) is 11.3 Å². The van der Waals surface area contributed by atoms with Crippen LogP contribution in [0.25, 0.3) is 0 Å². The van der Waals surface area contributed by atoms with E-state index >= 15 is 0 Å². The van der Waals surface area contributed by atoms with Crippen LogP contribution < -0.4 is 11.1 Å². The molecule has 94 valence electrons. The van der Waals surface area contributed by atoms with Crippen LogP contribution in [0.1, 0.15) is 31.2 Å². The van der Waals surface area contributed by atoms with Gasteiger partial charge in [-0.2, -0.15) is 0 Å². The van der Waals surface area contributed by atoms with Crippen molar-refractivity contribution >= 4 is 16.3 Å². The molecule has 0 aliphatic heterocycles. The van der Waals surface area contributed by atoms with E-state index in [1.807, 2.05) is 5.38 Å². The number of nitrogens with zero attached hydrogens (tertiary/aromatic N) is 1. The van der Waals surface area contributed by atoms with Gasteiger partial charge in [0.15, 0.2) is 0 Å². The quantitative estimate of drug-likeness (QED) is 0.637. The van der Waals surface area contributed by atoms with Crippen LogP contribution in [0.4, 0.5) is 5.00 Å². The first-order chi connectivity index (χ1) is 8.15. The summed E-state index contributed by atoms with van der Waals surface area (Å²) in [7, 11) is 0. The van der Waals surface area contributed by atoms with Crippen molar-refractivity contribution < 1.29 is 4.92 Å². The Kier molecular flexibility index (Phi) is 4.09. The fourth-order valence-electron chi connectivity index (χ4n) is 2.14. The van der Waals surface area contributed by atoms with Gasteiger partial charge in [-0.15, -0.1) is 0 Å². The SMILES string of the molecule is NC1CCC(NCc2csc([N+](=O)[O-])c2)CC1. The highest BCUT2D eigenvalue weighted by Gasteiger charge is 2.18. The lowest BCUT2D eigenvalue weighted by Crippen LogP contribution is -2.36. The lowest BCUT2D eigenvalue weighted by Gasteiger charge is -2.26. The molecule has 1 aliphatic rings. The van der Waals surface area contributed by atoms with Crippen LogP contribution in [0.3, 0.4) is 0 Å². The molecule has 1 aromatic rings. The molecule has 0 atom stereocenters. The Morgan fingerprint density at radius 2 is 2.18 bits per heavy atom. The fraction of sp³-hybridized carbons (Fsp3) is 0.636. The summed E-state index contributed by atoms with van der Waals surface area (Å²) in [5.41, 5.74) is 6.84. The summed E-state index contributed by atoms with van der Waals surface area (Å²) in [5.74, 6) is 0. The molecule has 0 aromatic carbocycles. The van der Waals surface area contributed by atoms with Crippen LogP contribution in [0.2, 0.25) is 0 Å².